The monoisotopic (exact) mass is 397 g/mol. The smallest absolute Gasteiger partial charge is 0.355 e. The molecule has 4 rings (SSSR count). The molecule has 0 aromatic heterocycles. The van der Waals surface area contributed by atoms with Crippen LogP contribution in [0.15, 0.2) is 72.4 Å². The van der Waals surface area contributed by atoms with Crippen LogP contribution >= 0.6 is 23.5 Å². The summed E-state index contributed by atoms with van der Waals surface area (Å²) in [6.07, 6.45) is 3.21. The minimum absolute atomic E-state index is 0.0149. The average Bonchev–Trinajstić information content (AvgIpc) is 2.72. The van der Waals surface area contributed by atoms with Crippen molar-refractivity contribution in [1.82, 2.24) is 4.90 Å². The summed E-state index contributed by atoms with van der Waals surface area (Å²) < 4.78 is 5.91. The lowest BCUT2D eigenvalue weighted by atomic mass is 10.0. The summed E-state index contributed by atoms with van der Waals surface area (Å²) in [5.74, 6) is 0.238. The van der Waals surface area contributed by atoms with E-state index < -0.39 is 12.1 Å². The van der Waals surface area contributed by atoms with Gasteiger partial charge in [-0.3, -0.25) is 9.69 Å². The van der Waals surface area contributed by atoms with E-state index in [9.17, 15) is 9.59 Å². The number of carbonyl (C=O) groups excluding carboxylic acids is 2. The lowest BCUT2D eigenvalue weighted by Gasteiger charge is -2.48. The largest absolute Gasteiger partial charge is 0.448 e. The number of thioether (sulfide) groups is 2. The Morgan fingerprint density at radius 3 is 2.26 bits per heavy atom. The van der Waals surface area contributed by atoms with Gasteiger partial charge in [0, 0.05) is 5.75 Å². The van der Waals surface area contributed by atoms with E-state index in [0.29, 0.717) is 11.4 Å². The maximum atomic E-state index is 13.0. The quantitative estimate of drug-likeness (QED) is 0.567. The molecule has 6 heteroatoms. The van der Waals surface area contributed by atoms with Gasteiger partial charge in [0.25, 0.3) is 0 Å². The summed E-state index contributed by atoms with van der Waals surface area (Å²) in [7, 11) is 0. The van der Waals surface area contributed by atoms with Crippen LogP contribution in [0.2, 0.25) is 0 Å². The fourth-order valence-corrected chi connectivity index (χ4v) is 5.68. The number of nitrogens with zero attached hydrogens (tertiary/aromatic N) is 1. The number of β-lactam (4-membered cyclic amide) rings is 1. The predicted octanol–water partition coefficient (Wildman–Crippen LogP) is 3.85. The molecule has 1 fully saturated rings. The molecule has 2 aromatic carbocycles. The van der Waals surface area contributed by atoms with Crippen LogP contribution in [0.5, 0.6) is 0 Å². The van der Waals surface area contributed by atoms with Crippen LogP contribution in [-0.2, 0) is 14.3 Å². The van der Waals surface area contributed by atoms with Crippen molar-refractivity contribution in [1.29, 1.82) is 0 Å². The highest BCUT2D eigenvalue weighted by Crippen LogP contribution is 2.43. The minimum atomic E-state index is -0.512. The van der Waals surface area contributed by atoms with E-state index in [-0.39, 0.29) is 16.5 Å². The number of hydrogen-bond acceptors (Lipinski definition) is 5. The zero-order valence-electron chi connectivity index (χ0n) is 14.8. The van der Waals surface area contributed by atoms with Crippen molar-refractivity contribution < 1.29 is 14.3 Å². The highest BCUT2D eigenvalue weighted by atomic mass is 32.2. The second kappa shape index (κ2) is 7.82. The first-order chi connectivity index (χ1) is 13.2. The molecule has 0 N–H and O–H groups in total. The van der Waals surface area contributed by atoms with Crippen LogP contribution in [0.1, 0.15) is 17.2 Å². The molecular formula is C21H19NO3S2. The first-order valence-electron chi connectivity index (χ1n) is 8.69. The van der Waals surface area contributed by atoms with Crippen molar-refractivity contribution in [3.05, 3.63) is 83.6 Å². The molecule has 27 heavy (non-hydrogen) atoms. The van der Waals surface area contributed by atoms with Crippen molar-refractivity contribution in [2.24, 2.45) is 0 Å². The maximum absolute atomic E-state index is 13.0. The van der Waals surface area contributed by atoms with Gasteiger partial charge >= 0.3 is 5.97 Å². The molecule has 2 aromatic rings. The van der Waals surface area contributed by atoms with Gasteiger partial charge in [-0.25, -0.2) is 4.79 Å². The molecule has 4 nitrogen and oxygen atoms in total. The third-order valence-corrected chi connectivity index (χ3v) is 7.01. The van der Waals surface area contributed by atoms with Gasteiger partial charge in [-0.15, -0.1) is 23.5 Å². The molecule has 0 bridgehead atoms. The standard InChI is InChI=1S/C21H19NO3S2/c1-26-18-19(23)22-16(12-13-27-20(18)22)21(24)25-17(14-8-4-2-5-9-14)15-10-6-3-7-11-15/h2-12,17-18,20H,13H2,1H3/t18?,20-/m0/s1. The number of benzene rings is 2. The van der Waals surface area contributed by atoms with E-state index in [1.807, 2.05) is 66.9 Å². The maximum Gasteiger partial charge on any atom is 0.355 e. The normalized spacial score (nSPS) is 21.3. The Balaban J connectivity index is 1.59. The van der Waals surface area contributed by atoms with Gasteiger partial charge in [-0.1, -0.05) is 60.7 Å². The van der Waals surface area contributed by atoms with Crippen molar-refractivity contribution >= 4 is 35.4 Å². The highest BCUT2D eigenvalue weighted by Gasteiger charge is 2.52. The number of ether oxygens (including phenoxy) is 1. The zero-order chi connectivity index (χ0) is 18.8. The fourth-order valence-electron chi connectivity index (χ4n) is 3.33. The van der Waals surface area contributed by atoms with E-state index in [4.69, 9.17) is 4.74 Å². The first kappa shape index (κ1) is 18.2. The Labute approximate surface area is 167 Å². The number of esters is 1. The van der Waals surface area contributed by atoms with Gasteiger partial charge < -0.3 is 4.74 Å². The van der Waals surface area contributed by atoms with Crippen molar-refractivity contribution in [3.63, 3.8) is 0 Å². The Bertz CT molecular complexity index is 830. The van der Waals surface area contributed by atoms with E-state index in [2.05, 4.69) is 0 Å². The van der Waals surface area contributed by atoms with E-state index >= 15 is 0 Å². The molecule has 0 saturated carbocycles. The Morgan fingerprint density at radius 1 is 1.11 bits per heavy atom. The first-order valence-corrected chi connectivity index (χ1v) is 11.0. The Hall–Kier alpha value is -2.18. The van der Waals surface area contributed by atoms with Crippen LogP contribution in [0, 0.1) is 0 Å². The number of rotatable bonds is 5. The molecule has 1 saturated heterocycles. The van der Waals surface area contributed by atoms with Gasteiger partial charge in [0.05, 0.1) is 0 Å². The number of hydrogen-bond donors (Lipinski definition) is 0. The lowest BCUT2D eigenvalue weighted by Crippen LogP contribution is -2.63. The Kier molecular flexibility index (Phi) is 5.27. The number of fused-ring (bicyclic) bond motifs is 1. The Morgan fingerprint density at radius 2 is 1.70 bits per heavy atom. The minimum Gasteiger partial charge on any atom is -0.448 e. The van der Waals surface area contributed by atoms with E-state index in [1.165, 1.54) is 11.8 Å². The number of carbonyl (C=O) groups is 2. The molecule has 1 unspecified atom stereocenters. The van der Waals surface area contributed by atoms with Crippen LogP contribution < -0.4 is 0 Å². The summed E-state index contributed by atoms with van der Waals surface area (Å²) in [4.78, 5) is 27.0. The van der Waals surface area contributed by atoms with Gasteiger partial charge in [-0.2, -0.15) is 0 Å². The second-order valence-corrected chi connectivity index (χ2v) is 8.41. The molecular weight excluding hydrogens is 378 g/mol. The van der Waals surface area contributed by atoms with E-state index in [0.717, 1.165) is 11.1 Å². The van der Waals surface area contributed by atoms with Gasteiger partial charge in [0.15, 0.2) is 6.10 Å². The molecule has 0 spiro atoms. The van der Waals surface area contributed by atoms with Crippen molar-refractivity contribution in [2.75, 3.05) is 12.0 Å². The lowest BCUT2D eigenvalue weighted by molar-refractivity contribution is -0.151. The summed E-state index contributed by atoms with van der Waals surface area (Å²) in [5.41, 5.74) is 2.17. The van der Waals surface area contributed by atoms with Crippen molar-refractivity contribution in [2.45, 2.75) is 16.7 Å². The molecule has 1 amide bonds. The van der Waals surface area contributed by atoms with Crippen LogP contribution in [0.25, 0.3) is 0 Å². The summed E-state index contributed by atoms with van der Waals surface area (Å²) in [6, 6.07) is 19.3. The van der Waals surface area contributed by atoms with Gasteiger partial charge in [0.1, 0.15) is 16.3 Å². The van der Waals surface area contributed by atoms with Crippen LogP contribution in [0.3, 0.4) is 0 Å². The molecule has 2 aliphatic rings. The number of amides is 1. The van der Waals surface area contributed by atoms with Crippen LogP contribution in [0.4, 0.5) is 0 Å². The van der Waals surface area contributed by atoms with Crippen molar-refractivity contribution in [3.8, 4) is 0 Å². The molecule has 138 valence electrons. The molecule has 2 heterocycles. The fraction of sp³-hybridized carbons (Fsp3) is 0.238. The third-order valence-electron chi connectivity index (χ3n) is 4.69. The summed E-state index contributed by atoms with van der Waals surface area (Å²) in [6.45, 7) is 0. The predicted molar refractivity (Wildman–Crippen MR) is 109 cm³/mol. The summed E-state index contributed by atoms with van der Waals surface area (Å²) >= 11 is 3.22. The molecule has 2 aliphatic heterocycles. The van der Waals surface area contributed by atoms with E-state index in [1.54, 1.807) is 22.7 Å². The highest BCUT2D eigenvalue weighted by molar-refractivity contribution is 8.04. The summed E-state index contributed by atoms with van der Waals surface area (Å²) in [5, 5.41) is -0.0579. The van der Waals surface area contributed by atoms with Crippen LogP contribution in [-0.4, -0.2) is 39.4 Å². The molecule has 0 aliphatic carbocycles. The zero-order valence-corrected chi connectivity index (χ0v) is 16.4. The van der Waals surface area contributed by atoms with Gasteiger partial charge in [0.2, 0.25) is 5.91 Å². The molecule has 0 radical (unpaired) electrons. The second-order valence-electron chi connectivity index (χ2n) is 6.28. The topological polar surface area (TPSA) is 46.6 Å². The van der Waals surface area contributed by atoms with Gasteiger partial charge in [-0.05, 0) is 23.5 Å². The molecule has 2 atom stereocenters. The average molecular weight is 398 g/mol. The third kappa shape index (κ3) is 3.39. The SMILES string of the molecule is CSC1C(=O)N2C(C(=O)OC(c3ccccc3)c3ccccc3)=CCS[C@@H]12.